The molecule has 0 atom stereocenters. The Hall–Kier alpha value is -2.28. The highest BCUT2D eigenvalue weighted by Crippen LogP contribution is 2.36. The number of hydrogen-bond donors (Lipinski definition) is 1. The smallest absolute Gasteiger partial charge is 0.283 e. The van der Waals surface area contributed by atoms with Gasteiger partial charge in [0.2, 0.25) is 0 Å². The van der Waals surface area contributed by atoms with Crippen molar-refractivity contribution in [1.82, 2.24) is 0 Å². The van der Waals surface area contributed by atoms with E-state index >= 15 is 0 Å². The van der Waals surface area contributed by atoms with Crippen molar-refractivity contribution in [2.45, 2.75) is 6.92 Å². The summed E-state index contributed by atoms with van der Waals surface area (Å²) >= 11 is 17.9. The highest BCUT2D eigenvalue weighted by atomic mass is 35.5. The first kappa shape index (κ1) is 19.5. The molecule has 0 saturated heterocycles. The average Bonchev–Trinajstić information content (AvgIpc) is 2.84. The molecule has 0 radical (unpaired) electrons. The summed E-state index contributed by atoms with van der Waals surface area (Å²) in [7, 11) is 1.44. The molecular weight excluding hydrogens is 418 g/mol. The van der Waals surface area contributed by atoms with E-state index in [1.165, 1.54) is 19.2 Å². The number of nitrogens with one attached hydrogen (secondary N) is 1. The standard InChI is InChI=1S/C18H12Cl3FN2O3/c1-8-5-13(14(27-2)7-10(8)19)23-16-15(21)17(25)24(18(16)26)9-3-4-12(22)11(20)6-9/h3-7,23H,1-2H3. The summed E-state index contributed by atoms with van der Waals surface area (Å²) < 4.78 is 18.6. The van der Waals surface area contributed by atoms with Gasteiger partial charge in [-0.1, -0.05) is 34.8 Å². The number of carbonyl (C=O) groups is 2. The molecule has 1 N–H and O–H groups in total. The van der Waals surface area contributed by atoms with Crippen LogP contribution in [-0.2, 0) is 9.59 Å². The Bertz CT molecular complexity index is 1010. The zero-order chi connectivity index (χ0) is 19.9. The lowest BCUT2D eigenvalue weighted by Crippen LogP contribution is -2.32. The molecule has 5 nitrogen and oxygen atoms in total. The van der Waals surface area contributed by atoms with Crippen LogP contribution >= 0.6 is 34.8 Å². The molecule has 2 amide bonds. The van der Waals surface area contributed by atoms with Gasteiger partial charge in [-0.15, -0.1) is 0 Å². The van der Waals surface area contributed by atoms with Gasteiger partial charge in [0.05, 0.1) is 23.5 Å². The van der Waals surface area contributed by atoms with Gasteiger partial charge < -0.3 is 10.1 Å². The average molecular weight is 430 g/mol. The number of nitrogens with zero attached hydrogens (tertiary/aromatic N) is 1. The van der Waals surface area contributed by atoms with Crippen molar-refractivity contribution in [2.75, 3.05) is 17.3 Å². The quantitative estimate of drug-likeness (QED) is 0.703. The van der Waals surface area contributed by atoms with Crippen molar-refractivity contribution < 1.29 is 18.7 Å². The van der Waals surface area contributed by atoms with Gasteiger partial charge in [-0.25, -0.2) is 9.29 Å². The number of rotatable bonds is 4. The third kappa shape index (κ3) is 3.48. The summed E-state index contributed by atoms with van der Waals surface area (Å²) in [5.74, 6) is -1.76. The Morgan fingerprint density at radius 1 is 1.04 bits per heavy atom. The molecule has 0 saturated carbocycles. The fourth-order valence-electron chi connectivity index (χ4n) is 2.53. The predicted molar refractivity (Wildman–Crippen MR) is 103 cm³/mol. The topological polar surface area (TPSA) is 58.6 Å². The van der Waals surface area contributed by atoms with Crippen molar-refractivity contribution in [1.29, 1.82) is 0 Å². The van der Waals surface area contributed by atoms with E-state index in [0.717, 1.165) is 16.5 Å². The second kappa shape index (κ2) is 7.38. The first-order valence-corrected chi connectivity index (χ1v) is 8.72. The highest BCUT2D eigenvalue weighted by Gasteiger charge is 2.39. The van der Waals surface area contributed by atoms with Crippen LogP contribution in [0.25, 0.3) is 0 Å². The van der Waals surface area contributed by atoms with Gasteiger partial charge in [0.1, 0.15) is 22.3 Å². The van der Waals surface area contributed by atoms with Crippen LogP contribution < -0.4 is 15.0 Å². The lowest BCUT2D eigenvalue weighted by Gasteiger charge is -2.16. The number of carbonyl (C=O) groups excluding carboxylic acids is 2. The monoisotopic (exact) mass is 428 g/mol. The minimum absolute atomic E-state index is 0.102. The largest absolute Gasteiger partial charge is 0.495 e. The van der Waals surface area contributed by atoms with Crippen LogP contribution in [0.4, 0.5) is 15.8 Å². The van der Waals surface area contributed by atoms with Crippen LogP contribution in [0, 0.1) is 12.7 Å². The Balaban J connectivity index is 1.98. The molecule has 1 aliphatic rings. The summed E-state index contributed by atoms with van der Waals surface area (Å²) in [6.07, 6.45) is 0. The third-order valence-electron chi connectivity index (χ3n) is 3.93. The number of amides is 2. The molecule has 27 heavy (non-hydrogen) atoms. The van der Waals surface area contributed by atoms with Crippen molar-refractivity contribution >= 4 is 58.0 Å². The molecule has 1 heterocycles. The predicted octanol–water partition coefficient (Wildman–Crippen LogP) is 4.89. The summed E-state index contributed by atoms with van der Waals surface area (Å²) in [6.45, 7) is 1.78. The van der Waals surface area contributed by atoms with Gasteiger partial charge in [-0.2, -0.15) is 0 Å². The number of ether oxygens (including phenoxy) is 1. The Morgan fingerprint density at radius 3 is 2.37 bits per heavy atom. The van der Waals surface area contributed by atoms with Crippen molar-refractivity contribution in [3.8, 4) is 5.75 Å². The van der Waals surface area contributed by atoms with Crippen molar-refractivity contribution in [3.63, 3.8) is 0 Å². The SMILES string of the molecule is COc1cc(Cl)c(C)cc1NC1=C(Cl)C(=O)N(c2ccc(F)c(Cl)c2)C1=O. The van der Waals surface area contributed by atoms with Crippen LogP contribution in [0.2, 0.25) is 10.0 Å². The lowest BCUT2D eigenvalue weighted by atomic mass is 10.2. The van der Waals surface area contributed by atoms with Gasteiger partial charge in [-0.3, -0.25) is 9.59 Å². The number of halogens is 4. The molecule has 1 aliphatic heterocycles. The first-order chi connectivity index (χ1) is 12.7. The van der Waals surface area contributed by atoms with Gasteiger partial charge in [0.15, 0.2) is 0 Å². The maximum absolute atomic E-state index is 13.4. The second-order valence-corrected chi connectivity index (χ2v) is 6.85. The van der Waals surface area contributed by atoms with Gasteiger partial charge in [-0.05, 0) is 36.8 Å². The van der Waals surface area contributed by atoms with E-state index < -0.39 is 17.6 Å². The van der Waals surface area contributed by atoms with Crippen LogP contribution in [0.5, 0.6) is 5.75 Å². The van der Waals surface area contributed by atoms with E-state index in [2.05, 4.69) is 5.32 Å². The summed E-state index contributed by atoms with van der Waals surface area (Å²) in [6, 6.07) is 6.73. The molecule has 3 rings (SSSR count). The first-order valence-electron chi connectivity index (χ1n) is 7.59. The maximum atomic E-state index is 13.4. The number of methoxy groups -OCH3 is 1. The number of benzene rings is 2. The molecule has 9 heteroatoms. The molecular formula is C18H12Cl3FN2O3. The minimum Gasteiger partial charge on any atom is -0.495 e. The van der Waals surface area contributed by atoms with Crippen LogP contribution in [-0.4, -0.2) is 18.9 Å². The molecule has 0 unspecified atom stereocenters. The van der Waals surface area contributed by atoms with Gasteiger partial charge in [0.25, 0.3) is 11.8 Å². The molecule has 140 valence electrons. The van der Waals surface area contributed by atoms with E-state index in [1.807, 2.05) is 0 Å². The second-order valence-electron chi connectivity index (χ2n) is 5.66. The van der Waals surface area contributed by atoms with Crippen molar-refractivity contribution in [2.24, 2.45) is 0 Å². The Kier molecular flexibility index (Phi) is 5.33. The summed E-state index contributed by atoms with van der Waals surface area (Å²) in [5.41, 5.74) is 1.11. The third-order valence-corrected chi connectivity index (χ3v) is 4.98. The van der Waals surface area contributed by atoms with Crippen LogP contribution in [0.15, 0.2) is 41.1 Å². The lowest BCUT2D eigenvalue weighted by molar-refractivity contribution is -0.120. The van der Waals surface area contributed by atoms with E-state index in [1.54, 1.807) is 19.1 Å². The fourth-order valence-corrected chi connectivity index (χ4v) is 3.08. The number of hydrogen-bond acceptors (Lipinski definition) is 4. The van der Waals surface area contributed by atoms with E-state index in [9.17, 15) is 14.0 Å². The van der Waals surface area contributed by atoms with Gasteiger partial charge >= 0.3 is 0 Å². The summed E-state index contributed by atoms with van der Waals surface area (Å²) in [5, 5.41) is 2.78. The number of imide groups is 1. The maximum Gasteiger partial charge on any atom is 0.283 e. The van der Waals surface area contributed by atoms with Crippen LogP contribution in [0.3, 0.4) is 0 Å². The zero-order valence-corrected chi connectivity index (χ0v) is 16.3. The molecule has 2 aromatic rings. The number of anilines is 2. The molecule has 0 aromatic heterocycles. The Labute approximate surface area is 169 Å². The fraction of sp³-hybridized carbons (Fsp3) is 0.111. The molecule has 0 bridgehead atoms. The zero-order valence-electron chi connectivity index (χ0n) is 14.1. The Morgan fingerprint density at radius 2 is 1.74 bits per heavy atom. The van der Waals surface area contributed by atoms with E-state index in [-0.39, 0.29) is 21.4 Å². The van der Waals surface area contributed by atoms with E-state index in [0.29, 0.717) is 16.5 Å². The molecule has 2 aromatic carbocycles. The molecule has 0 fully saturated rings. The van der Waals surface area contributed by atoms with E-state index in [4.69, 9.17) is 39.5 Å². The molecule has 0 aliphatic carbocycles. The van der Waals surface area contributed by atoms with Gasteiger partial charge in [0, 0.05) is 11.1 Å². The highest BCUT2D eigenvalue weighted by molar-refractivity contribution is 6.53. The minimum atomic E-state index is -0.753. The normalized spacial score (nSPS) is 14.2. The van der Waals surface area contributed by atoms with Crippen LogP contribution in [0.1, 0.15) is 5.56 Å². The number of aryl methyl sites for hydroxylation is 1. The molecule has 0 spiro atoms. The summed E-state index contributed by atoms with van der Waals surface area (Å²) in [4.78, 5) is 26.1. The van der Waals surface area contributed by atoms with Crippen molar-refractivity contribution in [3.05, 3.63) is 62.5 Å².